The number of hydrogen-bond donors (Lipinski definition) is 1. The summed E-state index contributed by atoms with van der Waals surface area (Å²) < 4.78 is 9.51. The Balaban J connectivity index is 1.97. The third kappa shape index (κ3) is 3.95. The molecule has 0 unspecified atom stereocenters. The van der Waals surface area contributed by atoms with Gasteiger partial charge in [-0.05, 0) is 0 Å². The van der Waals surface area contributed by atoms with Gasteiger partial charge in [0, 0.05) is 0 Å². The first kappa shape index (κ1) is 19.1. The zero-order chi connectivity index (χ0) is 19.2. The van der Waals surface area contributed by atoms with Gasteiger partial charge in [0.1, 0.15) is 0 Å². The summed E-state index contributed by atoms with van der Waals surface area (Å²) in [6, 6.07) is 29.2. The number of benzene rings is 3. The molecule has 4 rings (SSSR count). The molecule has 1 N–H and O–H groups in total. The van der Waals surface area contributed by atoms with Crippen LogP contribution in [0.3, 0.4) is 0 Å². The number of rotatable bonds is 3. The Hall–Kier alpha value is -2.25. The Morgan fingerprint density at radius 2 is 1.50 bits per heavy atom. The zero-order valence-electron chi connectivity index (χ0n) is 15.6. The van der Waals surface area contributed by atoms with Gasteiger partial charge in [0.05, 0.1) is 0 Å². The summed E-state index contributed by atoms with van der Waals surface area (Å²) in [5.74, 6) is 0.863. The van der Waals surface area contributed by atoms with Crippen LogP contribution in [-0.4, -0.2) is 35.3 Å². The molecule has 0 aliphatic carbocycles. The van der Waals surface area contributed by atoms with Gasteiger partial charge >= 0.3 is 173 Å². The van der Waals surface area contributed by atoms with Gasteiger partial charge < -0.3 is 0 Å². The van der Waals surface area contributed by atoms with E-state index in [9.17, 15) is 0 Å². The number of hydrazone groups is 1. The SMILES string of the molecule is CCN=C1N/N=C/c2ccccc2[O][Sn]([c]2ccccc2)([c]2ccccc2)[S]1. The Morgan fingerprint density at radius 1 is 0.893 bits per heavy atom. The number of hydrogen-bond acceptors (Lipinski definition) is 4. The second-order valence-corrected chi connectivity index (χ2v) is 19.8. The van der Waals surface area contributed by atoms with Crippen LogP contribution in [0.25, 0.3) is 0 Å². The molecule has 0 spiro atoms. The van der Waals surface area contributed by atoms with Crippen LogP contribution in [0.15, 0.2) is 95.0 Å². The van der Waals surface area contributed by atoms with Crippen molar-refractivity contribution in [3.8, 4) is 5.75 Å². The Kier molecular flexibility index (Phi) is 6.02. The molecule has 1 heterocycles. The normalized spacial score (nSPS) is 18.0. The van der Waals surface area contributed by atoms with Gasteiger partial charge in [0.25, 0.3) is 0 Å². The number of fused-ring (bicyclic) bond motifs is 1. The van der Waals surface area contributed by atoms with Crippen LogP contribution in [0.5, 0.6) is 5.75 Å². The second-order valence-electron chi connectivity index (χ2n) is 6.24. The van der Waals surface area contributed by atoms with Crippen LogP contribution in [-0.2, 0) is 0 Å². The Morgan fingerprint density at radius 3 is 2.14 bits per heavy atom. The van der Waals surface area contributed by atoms with Crippen molar-refractivity contribution in [2.75, 3.05) is 6.54 Å². The van der Waals surface area contributed by atoms with E-state index in [0.717, 1.165) is 16.5 Å². The summed E-state index contributed by atoms with van der Waals surface area (Å²) in [6.45, 7) is 2.72. The number of para-hydroxylation sites is 1. The molecule has 1 aliphatic heterocycles. The van der Waals surface area contributed by atoms with Gasteiger partial charge in [-0.2, -0.15) is 0 Å². The monoisotopic (exact) mass is 495 g/mol. The van der Waals surface area contributed by atoms with Crippen molar-refractivity contribution in [3.63, 3.8) is 0 Å². The molecule has 0 saturated heterocycles. The summed E-state index contributed by atoms with van der Waals surface area (Å²) >= 11 is -3.75. The molecule has 0 radical (unpaired) electrons. The van der Waals surface area contributed by atoms with Crippen LogP contribution < -0.4 is 15.7 Å². The minimum absolute atomic E-state index is 0.684. The molecule has 140 valence electrons. The number of amidine groups is 1. The van der Waals surface area contributed by atoms with E-state index in [-0.39, 0.29) is 0 Å². The first-order chi connectivity index (χ1) is 13.8. The molecule has 0 saturated carbocycles. The zero-order valence-corrected chi connectivity index (χ0v) is 19.2. The molecule has 28 heavy (non-hydrogen) atoms. The minimum atomic E-state index is -3.75. The van der Waals surface area contributed by atoms with Crippen molar-refractivity contribution in [3.05, 3.63) is 90.5 Å². The van der Waals surface area contributed by atoms with E-state index >= 15 is 0 Å². The van der Waals surface area contributed by atoms with E-state index in [0.29, 0.717) is 6.54 Å². The van der Waals surface area contributed by atoms with Crippen molar-refractivity contribution in [2.45, 2.75) is 6.92 Å². The summed E-state index contributed by atoms with van der Waals surface area (Å²) in [7, 11) is 1.73. The first-order valence-electron chi connectivity index (χ1n) is 9.23. The van der Waals surface area contributed by atoms with Crippen LogP contribution in [0.2, 0.25) is 0 Å². The molecule has 0 atom stereocenters. The van der Waals surface area contributed by atoms with Crippen LogP contribution in [0, 0.1) is 0 Å². The van der Waals surface area contributed by atoms with E-state index in [1.54, 1.807) is 15.2 Å². The molecule has 4 nitrogen and oxygen atoms in total. The van der Waals surface area contributed by atoms with Gasteiger partial charge in [-0.15, -0.1) is 0 Å². The predicted molar refractivity (Wildman–Crippen MR) is 121 cm³/mol. The summed E-state index contributed by atoms with van der Waals surface area (Å²) in [4.78, 5) is 4.66. The van der Waals surface area contributed by atoms with Gasteiger partial charge in [0.2, 0.25) is 0 Å². The molecule has 0 aromatic heterocycles. The van der Waals surface area contributed by atoms with Crippen molar-refractivity contribution in [1.29, 1.82) is 0 Å². The third-order valence-corrected chi connectivity index (χ3v) is 20.6. The van der Waals surface area contributed by atoms with E-state index in [4.69, 9.17) is 3.07 Å². The van der Waals surface area contributed by atoms with Crippen molar-refractivity contribution in [2.24, 2.45) is 10.1 Å². The fourth-order valence-electron chi connectivity index (χ4n) is 3.10. The molecule has 0 fully saturated rings. The topological polar surface area (TPSA) is 46.0 Å². The summed E-state index contributed by atoms with van der Waals surface area (Å²) in [5, 5.41) is 5.21. The number of nitrogens with zero attached hydrogens (tertiary/aromatic N) is 2. The van der Waals surface area contributed by atoms with Crippen molar-refractivity contribution >= 4 is 44.9 Å². The summed E-state index contributed by atoms with van der Waals surface area (Å²) in [5.41, 5.74) is 4.11. The van der Waals surface area contributed by atoms with Crippen LogP contribution >= 0.6 is 8.95 Å². The first-order valence-corrected chi connectivity index (χ1v) is 17.6. The average Bonchev–Trinajstić information content (AvgIpc) is 2.83. The quantitative estimate of drug-likeness (QED) is 0.569. The maximum atomic E-state index is 7.01. The van der Waals surface area contributed by atoms with E-state index < -0.39 is 17.4 Å². The van der Waals surface area contributed by atoms with Gasteiger partial charge in [-0.25, -0.2) is 0 Å². The van der Waals surface area contributed by atoms with E-state index in [1.807, 2.05) is 43.3 Å². The number of nitrogens with one attached hydrogen (secondary N) is 1. The molecular weight excluding hydrogens is 473 g/mol. The Labute approximate surface area is 172 Å². The van der Waals surface area contributed by atoms with Gasteiger partial charge in [0.15, 0.2) is 0 Å². The van der Waals surface area contributed by atoms with Gasteiger partial charge in [-0.3, -0.25) is 0 Å². The second kappa shape index (κ2) is 8.83. The molecule has 3 aromatic carbocycles. The third-order valence-electron chi connectivity index (χ3n) is 4.39. The fraction of sp³-hybridized carbons (Fsp3) is 0.0909. The molecule has 0 bridgehead atoms. The summed E-state index contributed by atoms with van der Waals surface area (Å²) in [6.07, 6.45) is 1.80. The van der Waals surface area contributed by atoms with Crippen LogP contribution in [0.4, 0.5) is 0 Å². The van der Waals surface area contributed by atoms with E-state index in [1.165, 1.54) is 7.16 Å². The Bertz CT molecular complexity index is 953. The molecule has 1 aliphatic rings. The molecular formula is C22H21N3OSSn. The number of aliphatic imine (C=N–C) groups is 1. The fourth-order valence-corrected chi connectivity index (χ4v) is 18.7. The molecule has 3 aromatic rings. The van der Waals surface area contributed by atoms with Crippen molar-refractivity contribution in [1.82, 2.24) is 5.43 Å². The maximum absolute atomic E-state index is 7.01. The van der Waals surface area contributed by atoms with Crippen molar-refractivity contribution < 1.29 is 3.07 Å². The molecule has 6 heteroatoms. The molecule has 0 amide bonds. The van der Waals surface area contributed by atoms with Crippen LogP contribution in [0.1, 0.15) is 12.5 Å². The van der Waals surface area contributed by atoms with Gasteiger partial charge in [-0.1, -0.05) is 0 Å². The van der Waals surface area contributed by atoms with E-state index in [2.05, 4.69) is 64.1 Å². The average molecular weight is 494 g/mol. The predicted octanol–water partition coefficient (Wildman–Crippen LogP) is 3.37. The standard InChI is InChI=1S/C10H13N3OS.2C6H5.Sn/c1-2-11-10(15)13-12-7-8-5-3-4-6-9(8)14;2*1-2-4-6-5-3-1;/h3-7,14H,2H2,1H3,(H2,11,13,15);2*1-5H;/q;;;+2/p-2/b12-7+;;;.